The van der Waals surface area contributed by atoms with Crippen molar-refractivity contribution < 1.29 is 9.66 Å². The maximum absolute atomic E-state index is 11.1. The fraction of sp³-hybridized carbons (Fsp3) is 0.750. The highest BCUT2D eigenvalue weighted by Gasteiger charge is 2.28. The lowest BCUT2D eigenvalue weighted by atomic mass is 10.2. The average Bonchev–Trinajstić information content (AvgIpc) is 3.04. The Morgan fingerprint density at radius 1 is 1.70 bits per heavy atom. The maximum atomic E-state index is 11.1. The summed E-state index contributed by atoms with van der Waals surface area (Å²) in [5.74, 6) is 0.447. The molecule has 20 heavy (non-hydrogen) atoms. The van der Waals surface area contributed by atoms with E-state index in [0.29, 0.717) is 25.0 Å². The molecule has 2 rings (SSSR count). The van der Waals surface area contributed by atoms with Gasteiger partial charge in [0.15, 0.2) is 0 Å². The lowest BCUT2D eigenvalue weighted by molar-refractivity contribution is -0.388. The summed E-state index contributed by atoms with van der Waals surface area (Å²) in [5, 5.41) is 14.5. The Labute approximate surface area is 117 Å². The molecule has 1 unspecified atom stereocenters. The first-order valence-electron chi connectivity index (χ1n) is 6.76. The molecule has 1 aliphatic heterocycles. The van der Waals surface area contributed by atoms with Gasteiger partial charge in [0.25, 0.3) is 0 Å². The largest absolute Gasteiger partial charge is 0.406 e. The second-order valence-electron chi connectivity index (χ2n) is 4.99. The zero-order valence-corrected chi connectivity index (χ0v) is 11.9. The van der Waals surface area contributed by atoms with Gasteiger partial charge in [-0.25, -0.2) is 0 Å². The summed E-state index contributed by atoms with van der Waals surface area (Å²) < 4.78 is 6.81. The highest BCUT2D eigenvalue weighted by atomic mass is 16.6. The number of hydrogen-bond donors (Lipinski definition) is 1. The van der Waals surface area contributed by atoms with Crippen molar-refractivity contribution in [1.82, 2.24) is 14.9 Å². The number of nitrogens with one attached hydrogen (secondary N) is 1. The van der Waals surface area contributed by atoms with Crippen LogP contribution in [0.2, 0.25) is 0 Å². The molecule has 1 aliphatic rings. The third kappa shape index (κ3) is 3.26. The fourth-order valence-electron chi connectivity index (χ4n) is 2.57. The zero-order valence-electron chi connectivity index (χ0n) is 11.9. The molecule has 1 saturated heterocycles. The van der Waals surface area contributed by atoms with E-state index in [-0.39, 0.29) is 5.82 Å². The second-order valence-corrected chi connectivity index (χ2v) is 4.99. The SMILES string of the molecule is COCCN(CC1CCCN1)c1c([N+](=O)[O-])ncn1C. The van der Waals surface area contributed by atoms with Crippen molar-refractivity contribution >= 4 is 11.6 Å². The molecule has 0 spiro atoms. The lowest BCUT2D eigenvalue weighted by Gasteiger charge is -2.26. The van der Waals surface area contributed by atoms with Gasteiger partial charge in [-0.1, -0.05) is 0 Å². The van der Waals surface area contributed by atoms with Gasteiger partial charge in [-0.3, -0.25) is 4.57 Å². The molecule has 8 nitrogen and oxygen atoms in total. The first-order chi connectivity index (χ1) is 9.63. The van der Waals surface area contributed by atoms with E-state index in [9.17, 15) is 10.1 Å². The van der Waals surface area contributed by atoms with E-state index in [2.05, 4.69) is 10.3 Å². The van der Waals surface area contributed by atoms with E-state index < -0.39 is 4.92 Å². The summed E-state index contributed by atoms with van der Waals surface area (Å²) in [6.45, 7) is 2.87. The minimum Gasteiger partial charge on any atom is -0.383 e. The van der Waals surface area contributed by atoms with Crippen LogP contribution in [0.25, 0.3) is 0 Å². The van der Waals surface area contributed by atoms with Gasteiger partial charge in [-0.2, -0.15) is 0 Å². The van der Waals surface area contributed by atoms with E-state index in [4.69, 9.17) is 4.74 Å². The Morgan fingerprint density at radius 2 is 2.50 bits per heavy atom. The highest BCUT2D eigenvalue weighted by Crippen LogP contribution is 2.26. The van der Waals surface area contributed by atoms with Crippen LogP contribution in [0.4, 0.5) is 11.6 Å². The summed E-state index contributed by atoms with van der Waals surface area (Å²) >= 11 is 0. The molecule has 0 bridgehead atoms. The predicted octanol–water partition coefficient (Wildman–Crippen LogP) is 0.533. The number of nitro groups is 1. The van der Waals surface area contributed by atoms with Gasteiger partial charge < -0.3 is 25.1 Å². The van der Waals surface area contributed by atoms with Gasteiger partial charge in [0.2, 0.25) is 12.1 Å². The van der Waals surface area contributed by atoms with Crippen molar-refractivity contribution in [2.75, 3.05) is 38.3 Å². The molecule has 1 N–H and O–H groups in total. The van der Waals surface area contributed by atoms with Gasteiger partial charge in [-0.05, 0) is 29.3 Å². The number of ether oxygens (including phenoxy) is 1. The van der Waals surface area contributed by atoms with Crippen LogP contribution in [0.3, 0.4) is 0 Å². The minimum absolute atomic E-state index is 0.0957. The number of anilines is 1. The van der Waals surface area contributed by atoms with Crippen LogP contribution in [0.15, 0.2) is 6.33 Å². The van der Waals surface area contributed by atoms with Gasteiger partial charge >= 0.3 is 5.82 Å². The molecule has 0 amide bonds. The minimum atomic E-state index is -0.433. The Morgan fingerprint density at radius 3 is 3.10 bits per heavy atom. The van der Waals surface area contributed by atoms with Crippen molar-refractivity contribution in [3.8, 4) is 0 Å². The average molecular weight is 283 g/mol. The summed E-state index contributed by atoms with van der Waals surface area (Å²) in [6.07, 6.45) is 3.72. The number of methoxy groups -OCH3 is 1. The maximum Gasteiger partial charge on any atom is 0.406 e. The topological polar surface area (TPSA) is 85.5 Å². The molecule has 0 saturated carbocycles. The lowest BCUT2D eigenvalue weighted by Crippen LogP contribution is -2.40. The molecule has 0 radical (unpaired) electrons. The van der Waals surface area contributed by atoms with Crippen LogP contribution < -0.4 is 10.2 Å². The number of rotatable bonds is 7. The molecule has 1 atom stereocenters. The third-order valence-corrected chi connectivity index (χ3v) is 3.53. The molecule has 1 fully saturated rings. The third-order valence-electron chi connectivity index (χ3n) is 3.53. The van der Waals surface area contributed by atoms with Gasteiger partial charge in [0, 0.05) is 33.3 Å². The van der Waals surface area contributed by atoms with Crippen LogP contribution >= 0.6 is 0 Å². The second kappa shape index (κ2) is 6.67. The molecular weight excluding hydrogens is 262 g/mol. The molecule has 1 aromatic rings. The highest BCUT2D eigenvalue weighted by molar-refractivity contribution is 5.54. The fourth-order valence-corrected chi connectivity index (χ4v) is 2.57. The van der Waals surface area contributed by atoms with Crippen molar-refractivity contribution in [2.45, 2.75) is 18.9 Å². The van der Waals surface area contributed by atoms with Gasteiger partial charge in [-0.15, -0.1) is 0 Å². The number of imidazole rings is 1. The van der Waals surface area contributed by atoms with Gasteiger partial charge in [0.05, 0.1) is 6.61 Å². The monoisotopic (exact) mass is 283 g/mol. The normalized spacial score (nSPS) is 18.4. The summed E-state index contributed by atoms with van der Waals surface area (Å²) in [5.41, 5.74) is 0. The Hall–Kier alpha value is -1.67. The summed E-state index contributed by atoms with van der Waals surface area (Å²) in [4.78, 5) is 16.5. The zero-order chi connectivity index (χ0) is 14.5. The first-order valence-corrected chi connectivity index (χ1v) is 6.76. The standard InChI is InChI=1S/C12H21N5O3/c1-15-9-14-11(17(18)19)12(15)16(6-7-20-2)8-10-4-3-5-13-10/h9-10,13H,3-8H2,1-2H3. The number of aromatic nitrogens is 2. The van der Waals surface area contributed by atoms with E-state index in [1.165, 1.54) is 6.33 Å². The number of nitrogens with zero attached hydrogens (tertiary/aromatic N) is 4. The van der Waals surface area contributed by atoms with Crippen LogP contribution in [-0.4, -0.2) is 53.9 Å². The van der Waals surface area contributed by atoms with Crippen molar-refractivity contribution in [2.24, 2.45) is 7.05 Å². The Kier molecular flexibility index (Phi) is 4.91. The number of hydrogen-bond acceptors (Lipinski definition) is 6. The molecular formula is C12H21N5O3. The Balaban J connectivity index is 2.20. The molecule has 2 heterocycles. The molecule has 0 aromatic carbocycles. The molecule has 1 aromatic heterocycles. The van der Waals surface area contributed by atoms with E-state index in [1.807, 2.05) is 4.90 Å². The molecule has 8 heteroatoms. The molecule has 112 valence electrons. The van der Waals surface area contributed by atoms with E-state index in [0.717, 1.165) is 25.9 Å². The van der Waals surface area contributed by atoms with Crippen LogP contribution in [0.1, 0.15) is 12.8 Å². The summed E-state index contributed by atoms with van der Waals surface area (Å²) in [7, 11) is 3.40. The van der Waals surface area contributed by atoms with E-state index in [1.54, 1.807) is 18.7 Å². The molecule has 0 aliphatic carbocycles. The first kappa shape index (κ1) is 14.7. The van der Waals surface area contributed by atoms with Gasteiger partial charge in [0.1, 0.15) is 0 Å². The predicted molar refractivity (Wildman–Crippen MR) is 75.0 cm³/mol. The summed E-state index contributed by atoms with van der Waals surface area (Å²) in [6, 6.07) is 0.362. The van der Waals surface area contributed by atoms with Crippen LogP contribution in [-0.2, 0) is 11.8 Å². The van der Waals surface area contributed by atoms with Crippen molar-refractivity contribution in [3.05, 3.63) is 16.4 Å². The van der Waals surface area contributed by atoms with Crippen LogP contribution in [0, 0.1) is 10.1 Å². The van der Waals surface area contributed by atoms with Crippen molar-refractivity contribution in [3.63, 3.8) is 0 Å². The quantitative estimate of drug-likeness (QED) is 0.580. The van der Waals surface area contributed by atoms with Crippen molar-refractivity contribution in [1.29, 1.82) is 0 Å². The van der Waals surface area contributed by atoms with E-state index >= 15 is 0 Å². The van der Waals surface area contributed by atoms with Crippen LogP contribution in [0.5, 0.6) is 0 Å². The smallest absolute Gasteiger partial charge is 0.383 e. The number of aryl methyl sites for hydroxylation is 1. The Bertz CT molecular complexity index is 456.